The van der Waals surface area contributed by atoms with Crippen LogP contribution in [0.2, 0.25) is 0 Å². The Kier molecular flexibility index (Phi) is 5.59. The molecule has 0 N–H and O–H groups in total. The molecule has 43 heavy (non-hydrogen) atoms. The molecule has 0 aliphatic rings. The first kappa shape index (κ1) is 24.6. The zero-order chi connectivity index (χ0) is 28.3. The van der Waals surface area contributed by atoms with Crippen molar-refractivity contribution in [3.63, 3.8) is 0 Å². The van der Waals surface area contributed by atoms with E-state index in [1.54, 1.807) is 0 Å². The molecule has 2 heteroatoms. The first-order valence-electron chi connectivity index (χ1n) is 14.6. The number of benzene rings is 7. The number of hydrogen-bond donors (Lipinski definition) is 0. The van der Waals surface area contributed by atoms with Crippen molar-refractivity contribution in [2.24, 2.45) is 0 Å². The van der Waals surface area contributed by atoms with Crippen LogP contribution in [-0.2, 0) is 0 Å². The molecule has 0 unspecified atom stereocenters. The molecule has 0 aliphatic carbocycles. The summed E-state index contributed by atoms with van der Waals surface area (Å²) in [6, 6.07) is 53.5. The van der Waals surface area contributed by atoms with Crippen molar-refractivity contribution in [2.75, 3.05) is 0 Å². The molecule has 0 atom stereocenters. The van der Waals surface area contributed by atoms with E-state index in [-0.39, 0.29) is 14.5 Å². The monoisotopic (exact) mass is 611 g/mol. The number of rotatable bonds is 3. The molecule has 200 valence electrons. The summed E-state index contributed by atoms with van der Waals surface area (Å²) in [5.74, 6) is 0. The molecule has 0 fully saturated rings. The Labute approximate surface area is 255 Å². The molecule has 0 bridgehead atoms. The van der Waals surface area contributed by atoms with Gasteiger partial charge in [-0.25, -0.2) is 0 Å². The topological polar surface area (TPSA) is 12.9 Å². The van der Waals surface area contributed by atoms with Gasteiger partial charge in [0.05, 0.1) is 0 Å². The van der Waals surface area contributed by atoms with Gasteiger partial charge in [0.1, 0.15) is 0 Å². The van der Waals surface area contributed by atoms with E-state index >= 15 is 0 Å². The third-order valence-electron chi connectivity index (χ3n) is 8.72. The Hall–Kier alpha value is -5.01. The van der Waals surface area contributed by atoms with E-state index in [0.717, 1.165) is 0 Å². The summed E-state index contributed by atoms with van der Waals surface area (Å²) in [4.78, 5) is 4.69. The zero-order valence-electron chi connectivity index (χ0n) is 23.3. The third kappa shape index (κ3) is 3.96. The second kappa shape index (κ2) is 9.78. The van der Waals surface area contributed by atoms with Crippen molar-refractivity contribution >= 4 is 66.2 Å². The number of fused-ring (bicyclic) bond motifs is 9. The van der Waals surface area contributed by atoms with Gasteiger partial charge in [-0.05, 0) is 16.2 Å². The van der Waals surface area contributed by atoms with E-state index in [4.69, 9.17) is 4.98 Å². The van der Waals surface area contributed by atoms with Crippen molar-refractivity contribution in [1.82, 2.24) is 4.98 Å². The van der Waals surface area contributed by atoms with E-state index in [1.165, 1.54) is 85.1 Å². The fraction of sp³-hybridized carbons (Fsp3) is 0. The minimum absolute atomic E-state index is 0.212. The standard InChI is InChI=1S/C41H25NSe/c1-2-15-34-32(13-1)33-14-3-4-16-35(33)39-25-29(20-21-36(34)39)27-10-5-9-26(23-27)28-11-6-12-30(24-28)31-17-7-18-37-38-19-8-22-42-41(38)43-40(31)37/h1-25H. The van der Waals surface area contributed by atoms with Gasteiger partial charge in [-0.15, -0.1) is 0 Å². The molecule has 0 spiro atoms. The second-order valence-electron chi connectivity index (χ2n) is 11.2. The molecule has 0 radical (unpaired) electrons. The SMILES string of the molecule is c1cc(-c2cccc(-c3cccc4c3[se]c3ncccc34)c2)cc(-c2ccc3c4ccccc4c4ccccc4c3c2)c1. The molecule has 9 rings (SSSR count). The third-order valence-corrected chi connectivity index (χ3v) is 11.2. The Morgan fingerprint density at radius 3 is 1.56 bits per heavy atom. The Morgan fingerprint density at radius 2 is 0.860 bits per heavy atom. The molecule has 1 nitrogen and oxygen atoms in total. The molecule has 0 saturated carbocycles. The normalized spacial score (nSPS) is 11.7. The van der Waals surface area contributed by atoms with E-state index in [2.05, 4.69) is 140 Å². The van der Waals surface area contributed by atoms with E-state index < -0.39 is 0 Å². The fourth-order valence-electron chi connectivity index (χ4n) is 6.69. The van der Waals surface area contributed by atoms with Crippen LogP contribution in [0.4, 0.5) is 0 Å². The van der Waals surface area contributed by atoms with Gasteiger partial charge in [-0.1, -0.05) is 48.5 Å². The van der Waals surface area contributed by atoms with Crippen LogP contribution in [0.3, 0.4) is 0 Å². The van der Waals surface area contributed by atoms with Crippen LogP contribution < -0.4 is 0 Å². The molecule has 0 saturated heterocycles. The summed E-state index contributed by atoms with van der Waals surface area (Å²) in [5, 5.41) is 10.5. The molecule has 0 amide bonds. The van der Waals surface area contributed by atoms with E-state index in [9.17, 15) is 0 Å². The van der Waals surface area contributed by atoms with Crippen LogP contribution in [0.1, 0.15) is 0 Å². The quantitative estimate of drug-likeness (QED) is 0.143. The van der Waals surface area contributed by atoms with Crippen molar-refractivity contribution in [3.05, 3.63) is 152 Å². The van der Waals surface area contributed by atoms with Gasteiger partial charge in [0.2, 0.25) is 0 Å². The average Bonchev–Trinajstić information content (AvgIpc) is 3.47. The first-order chi connectivity index (χ1) is 21.3. The van der Waals surface area contributed by atoms with Crippen molar-refractivity contribution in [2.45, 2.75) is 0 Å². The zero-order valence-corrected chi connectivity index (χ0v) is 25.0. The van der Waals surface area contributed by atoms with Crippen molar-refractivity contribution in [1.29, 1.82) is 0 Å². The molecule has 7 aromatic carbocycles. The molecule has 9 aromatic rings. The summed E-state index contributed by atoms with van der Waals surface area (Å²) >= 11 is 0.212. The Balaban J connectivity index is 1.17. The summed E-state index contributed by atoms with van der Waals surface area (Å²) in [7, 11) is 0. The van der Waals surface area contributed by atoms with E-state index in [0.29, 0.717) is 0 Å². The van der Waals surface area contributed by atoms with Crippen LogP contribution >= 0.6 is 0 Å². The fourth-order valence-corrected chi connectivity index (χ4v) is 9.16. The summed E-state index contributed by atoms with van der Waals surface area (Å²) < 4.78 is 2.67. The average molecular weight is 611 g/mol. The van der Waals surface area contributed by atoms with Gasteiger partial charge in [0, 0.05) is 0 Å². The van der Waals surface area contributed by atoms with Crippen LogP contribution in [0.25, 0.3) is 85.1 Å². The Bertz CT molecular complexity index is 2480. The van der Waals surface area contributed by atoms with Crippen molar-refractivity contribution < 1.29 is 0 Å². The van der Waals surface area contributed by atoms with E-state index in [1.807, 2.05) is 12.3 Å². The predicted molar refractivity (Wildman–Crippen MR) is 185 cm³/mol. The van der Waals surface area contributed by atoms with Crippen LogP contribution in [0.15, 0.2) is 152 Å². The Morgan fingerprint density at radius 1 is 0.349 bits per heavy atom. The van der Waals surface area contributed by atoms with Crippen molar-refractivity contribution in [3.8, 4) is 33.4 Å². The van der Waals surface area contributed by atoms with Gasteiger partial charge in [0.15, 0.2) is 0 Å². The number of aromatic nitrogens is 1. The molecular weight excluding hydrogens is 585 g/mol. The summed E-state index contributed by atoms with van der Waals surface area (Å²) in [5.41, 5.74) is 7.51. The maximum atomic E-state index is 4.69. The van der Waals surface area contributed by atoms with Gasteiger partial charge < -0.3 is 0 Å². The molecule has 2 aromatic heterocycles. The van der Waals surface area contributed by atoms with Gasteiger partial charge in [-0.2, -0.15) is 0 Å². The van der Waals surface area contributed by atoms with Gasteiger partial charge >= 0.3 is 192 Å². The predicted octanol–water partition coefficient (Wildman–Crippen LogP) is 10.9. The van der Waals surface area contributed by atoms with Gasteiger partial charge in [0.25, 0.3) is 0 Å². The second-order valence-corrected chi connectivity index (χ2v) is 13.2. The van der Waals surface area contributed by atoms with Crippen LogP contribution in [-0.4, -0.2) is 19.5 Å². The first-order valence-corrected chi connectivity index (χ1v) is 16.3. The minimum atomic E-state index is 0.212. The molecule has 0 aliphatic heterocycles. The van der Waals surface area contributed by atoms with Gasteiger partial charge in [-0.3, -0.25) is 0 Å². The molecular formula is C41H25NSe. The number of pyridine rings is 1. The van der Waals surface area contributed by atoms with Crippen LogP contribution in [0.5, 0.6) is 0 Å². The van der Waals surface area contributed by atoms with Crippen LogP contribution in [0, 0.1) is 0 Å². The summed E-state index contributed by atoms with van der Waals surface area (Å²) in [6.45, 7) is 0. The molecule has 2 heterocycles. The number of hydrogen-bond acceptors (Lipinski definition) is 1. The maximum absolute atomic E-state index is 4.69. The number of nitrogens with zero attached hydrogens (tertiary/aromatic N) is 1. The summed E-state index contributed by atoms with van der Waals surface area (Å²) in [6.07, 6.45) is 1.92.